The Morgan fingerprint density at radius 2 is 2.41 bits per heavy atom. The number of imidazole rings is 1. The molecule has 0 unspecified atom stereocenters. The standard InChI is InChI=1S/C15H16FN3O3/c1-22-10-2-3-11(16)9(4-10)6-19-7-13-12(17-8-18-13)5-14(19)15(20)21/h2-4,8,14H,5-7H2,1H3,(H,17,18)(H,20,21)/t14-/m1/s1. The highest BCUT2D eigenvalue weighted by molar-refractivity contribution is 5.74. The van der Waals surface area contributed by atoms with Crippen LogP contribution in [0.1, 0.15) is 17.0 Å². The van der Waals surface area contributed by atoms with Crippen LogP contribution in [0.3, 0.4) is 0 Å². The van der Waals surface area contributed by atoms with Gasteiger partial charge in [0.15, 0.2) is 0 Å². The number of ether oxygens (including phenoxy) is 1. The number of carboxylic acids is 1. The minimum absolute atomic E-state index is 0.193. The summed E-state index contributed by atoms with van der Waals surface area (Å²) in [5.41, 5.74) is 2.05. The first-order chi connectivity index (χ1) is 10.6. The van der Waals surface area contributed by atoms with Gasteiger partial charge in [0.2, 0.25) is 0 Å². The van der Waals surface area contributed by atoms with Crippen LogP contribution in [0.5, 0.6) is 5.75 Å². The molecule has 1 aromatic heterocycles. The maximum Gasteiger partial charge on any atom is 0.321 e. The van der Waals surface area contributed by atoms with Crippen LogP contribution in [0.4, 0.5) is 4.39 Å². The van der Waals surface area contributed by atoms with E-state index in [0.717, 1.165) is 11.4 Å². The molecule has 0 amide bonds. The Bertz CT molecular complexity index is 701. The van der Waals surface area contributed by atoms with Gasteiger partial charge in [-0.1, -0.05) is 0 Å². The molecule has 1 aliphatic rings. The number of rotatable bonds is 4. The maximum atomic E-state index is 14.0. The molecule has 0 fully saturated rings. The van der Waals surface area contributed by atoms with Crippen LogP contribution >= 0.6 is 0 Å². The van der Waals surface area contributed by atoms with Crippen molar-refractivity contribution in [2.75, 3.05) is 7.11 Å². The van der Waals surface area contributed by atoms with E-state index in [1.54, 1.807) is 17.3 Å². The highest BCUT2D eigenvalue weighted by atomic mass is 19.1. The zero-order chi connectivity index (χ0) is 15.7. The molecular formula is C15H16FN3O3. The summed E-state index contributed by atoms with van der Waals surface area (Å²) in [6, 6.07) is 3.74. The van der Waals surface area contributed by atoms with Crippen LogP contribution in [0.25, 0.3) is 0 Å². The van der Waals surface area contributed by atoms with E-state index in [2.05, 4.69) is 9.97 Å². The minimum Gasteiger partial charge on any atom is -0.497 e. The first-order valence-corrected chi connectivity index (χ1v) is 6.89. The largest absolute Gasteiger partial charge is 0.497 e. The summed E-state index contributed by atoms with van der Waals surface area (Å²) in [6.45, 7) is 0.585. The Morgan fingerprint density at radius 1 is 1.59 bits per heavy atom. The summed E-state index contributed by atoms with van der Waals surface area (Å²) in [7, 11) is 1.51. The van der Waals surface area contributed by atoms with Crippen molar-refractivity contribution in [3.8, 4) is 5.75 Å². The molecule has 6 nitrogen and oxygen atoms in total. The number of fused-ring (bicyclic) bond motifs is 1. The normalized spacial score (nSPS) is 18.0. The number of hydrogen-bond acceptors (Lipinski definition) is 4. The summed E-state index contributed by atoms with van der Waals surface area (Å²) < 4.78 is 19.1. The number of halogens is 1. The number of aromatic amines is 1. The highest BCUT2D eigenvalue weighted by Crippen LogP contribution is 2.25. The smallest absolute Gasteiger partial charge is 0.321 e. The molecule has 7 heteroatoms. The van der Waals surface area contributed by atoms with Gasteiger partial charge in [-0.05, 0) is 18.2 Å². The number of aliphatic carboxylic acids is 1. The molecule has 116 valence electrons. The molecule has 0 bridgehead atoms. The molecule has 2 N–H and O–H groups in total. The van der Waals surface area contributed by atoms with Crippen LogP contribution in [0.15, 0.2) is 24.5 Å². The molecule has 3 rings (SSSR count). The first-order valence-electron chi connectivity index (χ1n) is 6.89. The van der Waals surface area contributed by atoms with Gasteiger partial charge in [-0.2, -0.15) is 0 Å². The Kier molecular flexibility index (Phi) is 3.81. The summed E-state index contributed by atoms with van der Waals surface area (Å²) in [5.74, 6) is -0.764. The van der Waals surface area contributed by atoms with Crippen molar-refractivity contribution in [3.05, 3.63) is 47.3 Å². The van der Waals surface area contributed by atoms with Gasteiger partial charge < -0.3 is 14.8 Å². The zero-order valence-corrected chi connectivity index (χ0v) is 12.0. The summed E-state index contributed by atoms with van der Waals surface area (Å²) >= 11 is 0. The molecule has 0 aliphatic carbocycles. The van der Waals surface area contributed by atoms with Gasteiger partial charge >= 0.3 is 5.97 Å². The van der Waals surface area contributed by atoms with E-state index < -0.39 is 12.0 Å². The lowest BCUT2D eigenvalue weighted by Gasteiger charge is -2.32. The molecular weight excluding hydrogens is 289 g/mol. The second-order valence-electron chi connectivity index (χ2n) is 5.25. The number of H-pyrrole nitrogens is 1. The molecule has 1 aromatic carbocycles. The van der Waals surface area contributed by atoms with Crippen molar-refractivity contribution in [1.82, 2.24) is 14.9 Å². The van der Waals surface area contributed by atoms with Crippen LogP contribution in [-0.4, -0.2) is 39.1 Å². The average Bonchev–Trinajstić information content (AvgIpc) is 2.95. The van der Waals surface area contributed by atoms with E-state index in [-0.39, 0.29) is 12.4 Å². The van der Waals surface area contributed by atoms with Gasteiger partial charge in [-0.15, -0.1) is 0 Å². The molecule has 0 saturated carbocycles. The first kappa shape index (κ1) is 14.5. The van der Waals surface area contributed by atoms with Gasteiger partial charge in [0.1, 0.15) is 17.6 Å². The quantitative estimate of drug-likeness (QED) is 0.896. The van der Waals surface area contributed by atoms with E-state index in [1.807, 2.05) is 0 Å². The molecule has 2 heterocycles. The Hall–Kier alpha value is -2.41. The van der Waals surface area contributed by atoms with Gasteiger partial charge in [-0.3, -0.25) is 9.69 Å². The zero-order valence-electron chi connectivity index (χ0n) is 12.0. The lowest BCUT2D eigenvalue weighted by atomic mass is 10.0. The fraction of sp³-hybridized carbons (Fsp3) is 0.333. The van der Waals surface area contributed by atoms with E-state index >= 15 is 0 Å². The van der Waals surface area contributed by atoms with E-state index in [9.17, 15) is 14.3 Å². The van der Waals surface area contributed by atoms with Crippen LogP contribution in [-0.2, 0) is 24.3 Å². The topological polar surface area (TPSA) is 78.5 Å². The molecule has 0 radical (unpaired) electrons. The second-order valence-corrected chi connectivity index (χ2v) is 5.25. The lowest BCUT2D eigenvalue weighted by molar-refractivity contribution is -0.144. The monoisotopic (exact) mass is 305 g/mol. The van der Waals surface area contributed by atoms with Gasteiger partial charge in [0, 0.05) is 25.1 Å². The summed E-state index contributed by atoms with van der Waals surface area (Å²) in [4.78, 5) is 20.4. The Morgan fingerprint density at radius 3 is 3.14 bits per heavy atom. The predicted octanol–water partition coefficient (Wildman–Crippen LogP) is 1.57. The van der Waals surface area contributed by atoms with Gasteiger partial charge in [-0.25, -0.2) is 9.37 Å². The van der Waals surface area contributed by atoms with Crippen LogP contribution in [0, 0.1) is 5.82 Å². The van der Waals surface area contributed by atoms with Gasteiger partial charge in [0.25, 0.3) is 0 Å². The number of nitrogens with one attached hydrogen (secondary N) is 1. The molecule has 2 aromatic rings. The number of nitrogens with zero attached hydrogens (tertiary/aromatic N) is 2. The van der Waals surface area contributed by atoms with Crippen molar-refractivity contribution in [2.45, 2.75) is 25.6 Å². The van der Waals surface area contributed by atoms with E-state index in [4.69, 9.17) is 4.74 Å². The Balaban J connectivity index is 1.88. The molecule has 22 heavy (non-hydrogen) atoms. The van der Waals surface area contributed by atoms with Crippen LogP contribution < -0.4 is 4.74 Å². The number of aromatic nitrogens is 2. The van der Waals surface area contributed by atoms with Crippen LogP contribution in [0.2, 0.25) is 0 Å². The highest BCUT2D eigenvalue weighted by Gasteiger charge is 2.33. The van der Waals surface area contributed by atoms with E-state index in [1.165, 1.54) is 19.2 Å². The van der Waals surface area contributed by atoms with Crippen molar-refractivity contribution >= 4 is 5.97 Å². The Labute approximate surface area is 126 Å². The second kappa shape index (κ2) is 5.76. The number of hydrogen-bond donors (Lipinski definition) is 2. The SMILES string of the molecule is COc1ccc(F)c(CN2Cc3[nH]cnc3C[C@@H]2C(=O)O)c1. The third-order valence-corrected chi connectivity index (χ3v) is 3.91. The number of methoxy groups -OCH3 is 1. The predicted molar refractivity (Wildman–Crippen MR) is 75.9 cm³/mol. The van der Waals surface area contributed by atoms with Crippen molar-refractivity contribution in [1.29, 1.82) is 0 Å². The molecule has 1 aliphatic heterocycles. The number of carboxylic acid groups (broad SMARTS) is 1. The molecule has 0 spiro atoms. The number of carbonyl (C=O) groups is 1. The van der Waals surface area contributed by atoms with Crippen molar-refractivity contribution in [3.63, 3.8) is 0 Å². The summed E-state index contributed by atoms with van der Waals surface area (Å²) in [6.07, 6.45) is 1.86. The molecule has 1 atom stereocenters. The fourth-order valence-electron chi connectivity index (χ4n) is 2.72. The average molecular weight is 305 g/mol. The maximum absolute atomic E-state index is 14.0. The van der Waals surface area contributed by atoms with E-state index in [0.29, 0.717) is 24.3 Å². The van der Waals surface area contributed by atoms with Crippen molar-refractivity contribution < 1.29 is 19.0 Å². The van der Waals surface area contributed by atoms with Gasteiger partial charge in [0.05, 0.1) is 24.8 Å². The lowest BCUT2D eigenvalue weighted by Crippen LogP contribution is -2.45. The molecule has 0 saturated heterocycles. The third-order valence-electron chi connectivity index (χ3n) is 3.91. The minimum atomic E-state index is -0.933. The summed E-state index contributed by atoms with van der Waals surface area (Å²) in [5, 5.41) is 9.42. The third kappa shape index (κ3) is 2.67. The number of benzene rings is 1. The van der Waals surface area contributed by atoms with Crippen molar-refractivity contribution in [2.24, 2.45) is 0 Å². The fourth-order valence-corrected chi connectivity index (χ4v) is 2.72.